The van der Waals surface area contributed by atoms with Crippen LogP contribution in [0.25, 0.3) is 10.9 Å². The van der Waals surface area contributed by atoms with Crippen LogP contribution >= 0.6 is 23.1 Å². The maximum Gasteiger partial charge on any atom is 0.416 e. The van der Waals surface area contributed by atoms with Gasteiger partial charge < -0.3 is 15.2 Å². The number of aromatic nitrogens is 1. The summed E-state index contributed by atoms with van der Waals surface area (Å²) in [6, 6.07) is 15.9. The van der Waals surface area contributed by atoms with Crippen LogP contribution in [0.3, 0.4) is 0 Å². The minimum atomic E-state index is -4.47. The molecule has 4 aromatic rings. The Morgan fingerprint density at radius 1 is 1.03 bits per heavy atom. The maximum atomic E-state index is 12.9. The van der Waals surface area contributed by atoms with E-state index in [-0.39, 0.29) is 17.3 Å². The first-order valence-corrected chi connectivity index (χ1v) is 12.2. The van der Waals surface area contributed by atoms with Crippen molar-refractivity contribution in [1.82, 2.24) is 9.88 Å². The van der Waals surface area contributed by atoms with E-state index in [1.165, 1.54) is 35.2 Å². The van der Waals surface area contributed by atoms with Gasteiger partial charge in [0.25, 0.3) is 5.91 Å². The molecule has 0 aliphatic carbocycles. The van der Waals surface area contributed by atoms with E-state index in [0.29, 0.717) is 18.0 Å². The minimum absolute atomic E-state index is 0.0410. The van der Waals surface area contributed by atoms with Crippen LogP contribution in [0.2, 0.25) is 0 Å². The van der Waals surface area contributed by atoms with Gasteiger partial charge in [-0.05, 0) is 35.7 Å². The lowest BCUT2D eigenvalue weighted by molar-refractivity contribution is -0.137. The number of hydrogen-bond acceptors (Lipinski definition) is 4. The quantitative estimate of drug-likeness (QED) is 0.295. The highest BCUT2D eigenvalue weighted by Gasteiger charge is 2.30. The van der Waals surface area contributed by atoms with Crippen LogP contribution in [0, 0.1) is 0 Å². The number of halogens is 3. The molecule has 2 aromatic heterocycles. The van der Waals surface area contributed by atoms with Gasteiger partial charge in [0.05, 0.1) is 16.2 Å². The summed E-state index contributed by atoms with van der Waals surface area (Å²) < 4.78 is 40.7. The molecule has 2 heterocycles. The number of anilines is 1. The fourth-order valence-corrected chi connectivity index (χ4v) is 4.94. The Hall–Kier alpha value is -3.24. The van der Waals surface area contributed by atoms with E-state index in [1.54, 1.807) is 6.07 Å². The van der Waals surface area contributed by atoms with Crippen molar-refractivity contribution in [2.45, 2.75) is 17.6 Å². The molecule has 0 bridgehead atoms. The summed E-state index contributed by atoms with van der Waals surface area (Å²) in [7, 11) is 0. The van der Waals surface area contributed by atoms with Crippen LogP contribution in [0.1, 0.15) is 15.2 Å². The number of alkyl halides is 3. The maximum absolute atomic E-state index is 12.9. The van der Waals surface area contributed by atoms with Gasteiger partial charge in [0.15, 0.2) is 0 Å². The first-order chi connectivity index (χ1) is 16.3. The summed E-state index contributed by atoms with van der Waals surface area (Å²) in [6.07, 6.45) is -2.55. The predicted octanol–water partition coefficient (Wildman–Crippen LogP) is 5.88. The Morgan fingerprint density at radius 3 is 2.62 bits per heavy atom. The van der Waals surface area contributed by atoms with Gasteiger partial charge in [0, 0.05) is 40.8 Å². The molecule has 0 atom stereocenters. The molecular formula is C24H20F3N3O2S2. The van der Waals surface area contributed by atoms with Crippen molar-refractivity contribution in [2.75, 3.05) is 17.6 Å². The fourth-order valence-electron chi connectivity index (χ4n) is 3.41. The average Bonchev–Trinajstić information content (AvgIpc) is 3.46. The summed E-state index contributed by atoms with van der Waals surface area (Å²) in [4.78, 5) is 26.1. The van der Waals surface area contributed by atoms with E-state index in [9.17, 15) is 22.8 Å². The normalized spacial score (nSPS) is 11.5. The molecule has 2 amide bonds. The number of thiophene rings is 1. The number of thioether (sulfide) groups is 1. The molecule has 0 fully saturated rings. The predicted molar refractivity (Wildman–Crippen MR) is 129 cm³/mol. The SMILES string of the molecule is O=C(CSc1cn(CCNC(=O)c2cccs2)c2ccccc12)Nc1cccc(C(F)(F)F)c1. The first-order valence-electron chi connectivity index (χ1n) is 10.3. The van der Waals surface area contributed by atoms with E-state index in [2.05, 4.69) is 10.6 Å². The smallest absolute Gasteiger partial charge is 0.350 e. The van der Waals surface area contributed by atoms with Gasteiger partial charge >= 0.3 is 6.18 Å². The Balaban J connectivity index is 1.38. The highest BCUT2D eigenvalue weighted by atomic mass is 32.2. The number of amides is 2. The van der Waals surface area contributed by atoms with Crippen LogP contribution in [0.5, 0.6) is 0 Å². The molecule has 176 valence electrons. The molecule has 0 radical (unpaired) electrons. The monoisotopic (exact) mass is 503 g/mol. The van der Waals surface area contributed by atoms with Gasteiger partial charge in [-0.3, -0.25) is 9.59 Å². The Labute approximate surface area is 202 Å². The number of para-hydroxylation sites is 1. The van der Waals surface area contributed by atoms with Crippen LogP contribution in [-0.4, -0.2) is 28.7 Å². The summed E-state index contributed by atoms with van der Waals surface area (Å²) in [5.74, 6) is -0.476. The van der Waals surface area contributed by atoms with Crippen molar-refractivity contribution >= 4 is 51.5 Å². The van der Waals surface area contributed by atoms with E-state index >= 15 is 0 Å². The molecule has 34 heavy (non-hydrogen) atoms. The molecule has 2 aromatic carbocycles. The molecule has 2 N–H and O–H groups in total. The fraction of sp³-hybridized carbons (Fsp3) is 0.167. The lowest BCUT2D eigenvalue weighted by atomic mass is 10.2. The van der Waals surface area contributed by atoms with Crippen LogP contribution in [0.15, 0.2) is 77.1 Å². The molecular weight excluding hydrogens is 483 g/mol. The third-order valence-corrected chi connectivity index (χ3v) is 6.88. The van der Waals surface area contributed by atoms with Gasteiger partial charge in [-0.1, -0.05) is 30.3 Å². The number of rotatable bonds is 8. The molecule has 5 nitrogen and oxygen atoms in total. The van der Waals surface area contributed by atoms with E-state index in [4.69, 9.17) is 0 Å². The molecule has 4 rings (SSSR count). The number of benzene rings is 2. The second-order valence-corrected chi connectivity index (χ2v) is 9.32. The zero-order valence-corrected chi connectivity index (χ0v) is 19.4. The van der Waals surface area contributed by atoms with Crippen molar-refractivity contribution in [2.24, 2.45) is 0 Å². The van der Waals surface area contributed by atoms with Crippen molar-refractivity contribution < 1.29 is 22.8 Å². The number of hydrogen-bond donors (Lipinski definition) is 2. The molecule has 0 aliphatic heterocycles. The van der Waals surface area contributed by atoms with Crippen LogP contribution < -0.4 is 10.6 Å². The van der Waals surface area contributed by atoms with Gasteiger partial charge in [0.2, 0.25) is 5.91 Å². The molecule has 0 aliphatic rings. The summed E-state index contributed by atoms with van der Waals surface area (Å²) in [6.45, 7) is 0.990. The van der Waals surface area contributed by atoms with Crippen molar-refractivity contribution in [3.8, 4) is 0 Å². The number of fused-ring (bicyclic) bond motifs is 1. The Bertz CT molecular complexity index is 1300. The topological polar surface area (TPSA) is 63.1 Å². The van der Waals surface area contributed by atoms with Crippen LogP contribution in [-0.2, 0) is 17.5 Å². The van der Waals surface area contributed by atoms with Crippen molar-refractivity contribution in [3.05, 3.63) is 82.7 Å². The van der Waals surface area contributed by atoms with Crippen molar-refractivity contribution in [3.63, 3.8) is 0 Å². The van der Waals surface area contributed by atoms with Gasteiger partial charge in [-0.2, -0.15) is 13.2 Å². The zero-order valence-electron chi connectivity index (χ0n) is 17.8. The van der Waals surface area contributed by atoms with E-state index in [1.807, 2.05) is 46.5 Å². The first kappa shape index (κ1) is 23.9. The second kappa shape index (κ2) is 10.4. The largest absolute Gasteiger partial charge is 0.416 e. The molecule has 0 saturated carbocycles. The molecule has 0 unspecified atom stereocenters. The third-order valence-electron chi connectivity index (χ3n) is 4.97. The van der Waals surface area contributed by atoms with Gasteiger partial charge in [0.1, 0.15) is 0 Å². The average molecular weight is 504 g/mol. The molecule has 0 saturated heterocycles. The van der Waals surface area contributed by atoms with Gasteiger partial charge in [-0.15, -0.1) is 23.1 Å². The molecule has 0 spiro atoms. The third kappa shape index (κ3) is 5.81. The van der Waals surface area contributed by atoms with Gasteiger partial charge in [-0.25, -0.2) is 0 Å². The Morgan fingerprint density at radius 2 is 1.85 bits per heavy atom. The number of carbonyl (C=O) groups is 2. The highest BCUT2D eigenvalue weighted by molar-refractivity contribution is 8.00. The summed E-state index contributed by atoms with van der Waals surface area (Å²) in [5.41, 5.74) is 0.255. The number of nitrogens with zero attached hydrogens (tertiary/aromatic N) is 1. The standard InChI is InChI=1S/C24H20F3N3O2S2/c25-24(26,27)16-5-3-6-17(13-16)29-22(31)15-34-21-14-30(19-8-2-1-7-18(19)21)11-10-28-23(32)20-9-4-12-33-20/h1-9,12-14H,10-11,15H2,(H,28,32)(H,29,31). The second-order valence-electron chi connectivity index (χ2n) is 7.35. The number of nitrogens with one attached hydrogen (secondary N) is 2. The highest BCUT2D eigenvalue weighted by Crippen LogP contribution is 2.32. The zero-order chi connectivity index (χ0) is 24.1. The minimum Gasteiger partial charge on any atom is -0.350 e. The van der Waals surface area contributed by atoms with Crippen LogP contribution in [0.4, 0.5) is 18.9 Å². The number of carbonyl (C=O) groups excluding carboxylic acids is 2. The van der Waals surface area contributed by atoms with Crippen molar-refractivity contribution in [1.29, 1.82) is 0 Å². The lowest BCUT2D eigenvalue weighted by Crippen LogP contribution is -2.26. The molecule has 10 heteroatoms. The lowest BCUT2D eigenvalue weighted by Gasteiger charge is -2.09. The van der Waals surface area contributed by atoms with E-state index in [0.717, 1.165) is 27.9 Å². The Kier molecular flexibility index (Phi) is 7.28. The summed E-state index contributed by atoms with van der Waals surface area (Å²) in [5, 5.41) is 8.24. The van der Waals surface area contributed by atoms with E-state index < -0.39 is 17.6 Å². The summed E-state index contributed by atoms with van der Waals surface area (Å²) >= 11 is 2.68.